The second kappa shape index (κ2) is 9.11. The number of ether oxygens (including phenoxy) is 1. The molecule has 0 radical (unpaired) electrons. The van der Waals surface area contributed by atoms with Crippen LogP contribution < -0.4 is 15.8 Å². The van der Waals surface area contributed by atoms with Crippen LogP contribution in [0.3, 0.4) is 0 Å². The van der Waals surface area contributed by atoms with Crippen LogP contribution in [-0.4, -0.2) is 26.5 Å². The van der Waals surface area contributed by atoms with Crippen LogP contribution in [0.15, 0.2) is 30.3 Å². The van der Waals surface area contributed by atoms with Crippen LogP contribution in [0, 0.1) is 6.92 Å². The van der Waals surface area contributed by atoms with Gasteiger partial charge in [-0.2, -0.15) is 0 Å². The summed E-state index contributed by atoms with van der Waals surface area (Å²) in [7, 11) is 0. The van der Waals surface area contributed by atoms with Crippen molar-refractivity contribution < 1.29 is 9.53 Å². The minimum absolute atomic E-state index is 0. The molecule has 164 valence electrons. The number of aryl methyl sites for hydroxylation is 2. The van der Waals surface area contributed by atoms with Crippen molar-refractivity contribution in [2.24, 2.45) is 5.73 Å². The summed E-state index contributed by atoms with van der Waals surface area (Å²) >= 11 is 1.53. The van der Waals surface area contributed by atoms with Crippen molar-refractivity contribution in [2.45, 2.75) is 46.8 Å². The fourth-order valence-electron chi connectivity index (χ4n) is 3.51. The topological polar surface area (TPSA) is 95.1 Å². The predicted molar refractivity (Wildman–Crippen MR) is 129 cm³/mol. The molecule has 2 aromatic carbocycles. The monoisotopic (exact) mass is 459 g/mol. The van der Waals surface area contributed by atoms with Gasteiger partial charge in [-0.25, -0.2) is 9.97 Å². The normalized spacial score (nSPS) is 11.1. The number of nitrogens with one attached hydrogen (secondary N) is 1. The Kier molecular flexibility index (Phi) is 6.71. The lowest BCUT2D eigenvalue weighted by atomic mass is 10.1. The molecule has 0 atom stereocenters. The molecular formula is C22H26ClN5O2S. The maximum absolute atomic E-state index is 11.6. The summed E-state index contributed by atoms with van der Waals surface area (Å²) in [6, 6.07) is 9.30. The van der Waals surface area contributed by atoms with Crippen molar-refractivity contribution in [3.8, 4) is 5.75 Å². The van der Waals surface area contributed by atoms with E-state index in [2.05, 4.69) is 28.9 Å². The first-order chi connectivity index (χ1) is 14.4. The standard InChI is InChI=1S/C22H25N5O2S.ClH/c1-5-10-27-13(4)24-19-16(27)7-9-18-20(19)26-22(30-18)25-15-11-14(21(23)28)6-8-17(15)29-12(2)3;/h6-9,11-12H,5,10H2,1-4H3,(H2,23,28)(H,25,26);1H. The number of amides is 1. The van der Waals surface area contributed by atoms with Gasteiger partial charge in [-0.15, -0.1) is 12.4 Å². The smallest absolute Gasteiger partial charge is 0.248 e. The number of fused-ring (bicyclic) bond motifs is 3. The Balaban J connectivity index is 0.00000272. The number of aromatic nitrogens is 3. The molecule has 7 nitrogen and oxygen atoms in total. The van der Waals surface area contributed by atoms with Gasteiger partial charge in [0.15, 0.2) is 5.13 Å². The Morgan fingerprint density at radius 3 is 2.68 bits per heavy atom. The number of thiazole rings is 1. The minimum atomic E-state index is -0.489. The van der Waals surface area contributed by atoms with E-state index < -0.39 is 5.91 Å². The van der Waals surface area contributed by atoms with E-state index in [1.165, 1.54) is 11.3 Å². The SMILES string of the molecule is CCCn1c(C)nc2c3nc(Nc4cc(C(N)=O)ccc4OC(C)C)sc3ccc21.Cl. The molecule has 0 bridgehead atoms. The Labute approximate surface area is 191 Å². The van der Waals surface area contributed by atoms with Gasteiger partial charge < -0.3 is 20.4 Å². The summed E-state index contributed by atoms with van der Waals surface area (Å²) in [4.78, 5) is 21.2. The van der Waals surface area contributed by atoms with Gasteiger partial charge in [-0.3, -0.25) is 4.79 Å². The first-order valence-electron chi connectivity index (χ1n) is 10.0. The molecule has 0 aliphatic heterocycles. The third-order valence-electron chi connectivity index (χ3n) is 4.78. The van der Waals surface area contributed by atoms with E-state index in [4.69, 9.17) is 20.4 Å². The van der Waals surface area contributed by atoms with E-state index >= 15 is 0 Å². The number of nitrogens with zero attached hydrogens (tertiary/aromatic N) is 3. The molecule has 31 heavy (non-hydrogen) atoms. The molecule has 0 saturated heterocycles. The van der Waals surface area contributed by atoms with Crippen LogP contribution in [-0.2, 0) is 6.54 Å². The highest BCUT2D eigenvalue weighted by atomic mass is 35.5. The van der Waals surface area contributed by atoms with Crippen molar-refractivity contribution in [3.63, 3.8) is 0 Å². The van der Waals surface area contributed by atoms with Crippen molar-refractivity contribution >= 4 is 61.7 Å². The quantitative estimate of drug-likeness (QED) is 0.385. The molecule has 4 rings (SSSR count). The molecular weight excluding hydrogens is 434 g/mol. The molecule has 0 fully saturated rings. The third-order valence-corrected chi connectivity index (χ3v) is 5.72. The molecule has 0 aliphatic carbocycles. The first-order valence-corrected chi connectivity index (χ1v) is 10.8. The van der Waals surface area contributed by atoms with Crippen LogP contribution in [0.2, 0.25) is 0 Å². The van der Waals surface area contributed by atoms with Crippen LogP contribution in [0.25, 0.3) is 21.3 Å². The van der Waals surface area contributed by atoms with E-state index in [1.54, 1.807) is 18.2 Å². The highest BCUT2D eigenvalue weighted by molar-refractivity contribution is 7.22. The molecule has 0 spiro atoms. The number of imidazole rings is 1. The first kappa shape index (κ1) is 22.8. The van der Waals surface area contributed by atoms with Crippen LogP contribution in [0.4, 0.5) is 10.8 Å². The third kappa shape index (κ3) is 4.45. The molecule has 1 amide bonds. The van der Waals surface area contributed by atoms with Gasteiger partial charge >= 0.3 is 0 Å². The second-order valence-corrected chi connectivity index (χ2v) is 8.51. The van der Waals surface area contributed by atoms with Gasteiger partial charge in [0, 0.05) is 12.1 Å². The maximum atomic E-state index is 11.6. The zero-order valence-electron chi connectivity index (χ0n) is 17.9. The number of hydrogen-bond donors (Lipinski definition) is 2. The number of anilines is 2. The summed E-state index contributed by atoms with van der Waals surface area (Å²) in [6.45, 7) is 9.02. The predicted octanol–water partition coefficient (Wildman–Crippen LogP) is 5.42. The van der Waals surface area contributed by atoms with Gasteiger partial charge in [0.1, 0.15) is 22.6 Å². The van der Waals surface area contributed by atoms with Gasteiger partial charge in [0.25, 0.3) is 0 Å². The lowest BCUT2D eigenvalue weighted by Gasteiger charge is -2.15. The minimum Gasteiger partial charge on any atom is -0.489 e. The van der Waals surface area contributed by atoms with E-state index in [-0.39, 0.29) is 18.5 Å². The maximum Gasteiger partial charge on any atom is 0.248 e. The van der Waals surface area contributed by atoms with Gasteiger partial charge in [0.05, 0.1) is 22.0 Å². The van der Waals surface area contributed by atoms with Gasteiger partial charge in [0.2, 0.25) is 5.91 Å². The van der Waals surface area contributed by atoms with Gasteiger partial charge in [-0.05, 0) is 57.5 Å². The molecule has 0 unspecified atom stereocenters. The lowest BCUT2D eigenvalue weighted by molar-refractivity contribution is 0.100. The number of carbonyl (C=O) groups is 1. The Hall–Kier alpha value is -2.84. The lowest BCUT2D eigenvalue weighted by Crippen LogP contribution is -2.12. The highest BCUT2D eigenvalue weighted by Crippen LogP contribution is 2.36. The fraction of sp³-hybridized carbons (Fsp3) is 0.318. The van der Waals surface area contributed by atoms with Crippen LogP contribution >= 0.6 is 23.7 Å². The molecule has 2 heterocycles. The average molecular weight is 460 g/mol. The molecule has 9 heteroatoms. The van der Waals surface area contributed by atoms with Gasteiger partial charge in [-0.1, -0.05) is 18.3 Å². The largest absolute Gasteiger partial charge is 0.489 e. The molecule has 3 N–H and O–H groups in total. The number of halogens is 1. The highest BCUT2D eigenvalue weighted by Gasteiger charge is 2.16. The second-order valence-electron chi connectivity index (χ2n) is 7.48. The van der Waals surface area contributed by atoms with Crippen molar-refractivity contribution in [3.05, 3.63) is 41.7 Å². The summed E-state index contributed by atoms with van der Waals surface area (Å²) < 4.78 is 9.16. The van der Waals surface area contributed by atoms with Crippen molar-refractivity contribution in [2.75, 3.05) is 5.32 Å². The van der Waals surface area contributed by atoms with Crippen LogP contribution in [0.5, 0.6) is 5.75 Å². The number of benzene rings is 2. The molecule has 0 saturated carbocycles. The molecule has 2 aromatic heterocycles. The van der Waals surface area contributed by atoms with Crippen molar-refractivity contribution in [1.82, 2.24) is 14.5 Å². The van der Waals surface area contributed by atoms with E-state index in [1.807, 2.05) is 20.8 Å². The summed E-state index contributed by atoms with van der Waals surface area (Å²) in [5.74, 6) is 1.14. The summed E-state index contributed by atoms with van der Waals surface area (Å²) in [5.41, 5.74) is 9.40. The number of hydrogen-bond acceptors (Lipinski definition) is 6. The van der Waals surface area contributed by atoms with E-state index in [0.717, 1.165) is 40.0 Å². The number of rotatable bonds is 7. The average Bonchev–Trinajstić information content (AvgIpc) is 3.23. The summed E-state index contributed by atoms with van der Waals surface area (Å²) in [6.07, 6.45) is 1.04. The molecule has 4 aromatic rings. The number of carbonyl (C=O) groups excluding carboxylic acids is 1. The Bertz CT molecular complexity index is 1250. The zero-order chi connectivity index (χ0) is 21.4. The van der Waals surface area contributed by atoms with Crippen molar-refractivity contribution in [1.29, 1.82) is 0 Å². The Morgan fingerprint density at radius 1 is 1.23 bits per heavy atom. The van der Waals surface area contributed by atoms with E-state index in [9.17, 15) is 4.79 Å². The Morgan fingerprint density at radius 2 is 2.00 bits per heavy atom. The number of nitrogens with two attached hydrogens (primary N) is 1. The zero-order valence-corrected chi connectivity index (χ0v) is 19.6. The fourth-order valence-corrected chi connectivity index (χ4v) is 4.39. The number of primary amides is 1. The van der Waals surface area contributed by atoms with E-state index in [0.29, 0.717) is 22.1 Å². The molecule has 0 aliphatic rings. The summed E-state index contributed by atoms with van der Waals surface area (Å²) in [5, 5.41) is 4.02. The van der Waals surface area contributed by atoms with Crippen LogP contribution in [0.1, 0.15) is 43.4 Å².